The van der Waals surface area contributed by atoms with E-state index in [0.717, 1.165) is 32.2 Å². The molecule has 0 saturated heterocycles. The zero-order chi connectivity index (χ0) is 11.9. The van der Waals surface area contributed by atoms with Gasteiger partial charge in [0.15, 0.2) is 5.75 Å². The molecule has 3 rings (SSSR count). The van der Waals surface area contributed by atoms with E-state index in [-0.39, 0.29) is 11.4 Å². The van der Waals surface area contributed by atoms with E-state index in [4.69, 9.17) is 14.3 Å². The molecule has 1 spiro atoms. The van der Waals surface area contributed by atoms with E-state index in [2.05, 4.69) is 5.32 Å². The molecule has 92 valence electrons. The van der Waals surface area contributed by atoms with Crippen molar-refractivity contribution in [3.05, 3.63) is 12.0 Å². The standard InChI is InChI=1S/C12H15NO4/c14-11(15)10-9-8(6-16-10)13-7-12(17-9)4-2-1-3-5-12/h6,13H,1-5,7H2,(H,14,15). The zero-order valence-electron chi connectivity index (χ0n) is 9.49. The summed E-state index contributed by atoms with van der Waals surface area (Å²) >= 11 is 0. The highest BCUT2D eigenvalue weighted by molar-refractivity contribution is 5.90. The molecule has 1 aromatic rings. The molecule has 0 unspecified atom stereocenters. The van der Waals surface area contributed by atoms with Gasteiger partial charge in [-0.1, -0.05) is 6.42 Å². The zero-order valence-corrected chi connectivity index (χ0v) is 9.49. The quantitative estimate of drug-likeness (QED) is 0.785. The molecule has 1 aliphatic heterocycles. The number of ether oxygens (including phenoxy) is 1. The van der Waals surface area contributed by atoms with Crippen LogP contribution < -0.4 is 10.1 Å². The fourth-order valence-corrected chi connectivity index (χ4v) is 2.70. The van der Waals surface area contributed by atoms with Gasteiger partial charge in [0.2, 0.25) is 0 Å². The maximum Gasteiger partial charge on any atom is 0.375 e. The third-order valence-electron chi connectivity index (χ3n) is 3.62. The summed E-state index contributed by atoms with van der Waals surface area (Å²) in [6.07, 6.45) is 6.87. The van der Waals surface area contributed by atoms with E-state index < -0.39 is 5.97 Å². The monoisotopic (exact) mass is 237 g/mol. The molecule has 1 aliphatic carbocycles. The van der Waals surface area contributed by atoms with Gasteiger partial charge in [-0.15, -0.1) is 0 Å². The van der Waals surface area contributed by atoms with Crippen LogP contribution in [-0.2, 0) is 0 Å². The van der Waals surface area contributed by atoms with Gasteiger partial charge in [-0.25, -0.2) is 4.79 Å². The lowest BCUT2D eigenvalue weighted by molar-refractivity contribution is 0.0333. The van der Waals surface area contributed by atoms with Crippen molar-refractivity contribution in [2.45, 2.75) is 37.7 Å². The van der Waals surface area contributed by atoms with Crippen molar-refractivity contribution in [3.63, 3.8) is 0 Å². The Bertz CT molecular complexity index is 445. The number of rotatable bonds is 1. The van der Waals surface area contributed by atoms with Crippen LogP contribution in [0.4, 0.5) is 5.69 Å². The maximum absolute atomic E-state index is 11.0. The van der Waals surface area contributed by atoms with Crippen molar-refractivity contribution in [3.8, 4) is 5.75 Å². The molecule has 1 aromatic heterocycles. The smallest absolute Gasteiger partial charge is 0.375 e. The first kappa shape index (κ1) is 10.5. The lowest BCUT2D eigenvalue weighted by Crippen LogP contribution is -2.47. The van der Waals surface area contributed by atoms with Crippen LogP contribution in [-0.4, -0.2) is 23.2 Å². The van der Waals surface area contributed by atoms with Gasteiger partial charge in [0, 0.05) is 0 Å². The topological polar surface area (TPSA) is 71.7 Å². The molecule has 0 aromatic carbocycles. The summed E-state index contributed by atoms with van der Waals surface area (Å²) in [6.45, 7) is 0.735. The van der Waals surface area contributed by atoms with Crippen LogP contribution in [0.1, 0.15) is 42.7 Å². The number of fused-ring (bicyclic) bond motifs is 1. The summed E-state index contributed by atoms with van der Waals surface area (Å²) in [5, 5.41) is 12.2. The Kier molecular flexibility index (Phi) is 2.28. The van der Waals surface area contributed by atoms with Gasteiger partial charge in [-0.2, -0.15) is 0 Å². The van der Waals surface area contributed by atoms with Crippen LogP contribution in [0, 0.1) is 0 Å². The molecule has 2 N–H and O–H groups in total. The highest BCUT2D eigenvalue weighted by Gasteiger charge is 2.40. The maximum atomic E-state index is 11.0. The number of hydrogen-bond acceptors (Lipinski definition) is 4. The van der Waals surface area contributed by atoms with E-state index in [0.29, 0.717) is 11.4 Å². The predicted molar refractivity (Wildman–Crippen MR) is 60.6 cm³/mol. The molecule has 0 bridgehead atoms. The molecule has 17 heavy (non-hydrogen) atoms. The molecule has 2 heterocycles. The number of anilines is 1. The Morgan fingerprint density at radius 2 is 2.12 bits per heavy atom. The van der Waals surface area contributed by atoms with Crippen molar-refractivity contribution in [2.75, 3.05) is 11.9 Å². The number of nitrogens with one attached hydrogen (secondary N) is 1. The summed E-state index contributed by atoms with van der Waals surface area (Å²) in [6, 6.07) is 0. The van der Waals surface area contributed by atoms with E-state index >= 15 is 0 Å². The summed E-state index contributed by atoms with van der Waals surface area (Å²) in [7, 11) is 0. The second kappa shape index (κ2) is 3.68. The van der Waals surface area contributed by atoms with Gasteiger partial charge in [0.05, 0.1) is 6.54 Å². The van der Waals surface area contributed by atoms with Gasteiger partial charge in [0.25, 0.3) is 5.76 Å². The van der Waals surface area contributed by atoms with Gasteiger partial charge >= 0.3 is 5.97 Å². The number of carboxylic acid groups (broad SMARTS) is 1. The Balaban J connectivity index is 1.92. The van der Waals surface area contributed by atoms with Crippen LogP contribution in [0.3, 0.4) is 0 Å². The number of hydrogen-bond donors (Lipinski definition) is 2. The molecule has 5 nitrogen and oxygen atoms in total. The summed E-state index contributed by atoms with van der Waals surface area (Å²) < 4.78 is 11.0. The average molecular weight is 237 g/mol. The highest BCUT2D eigenvalue weighted by atomic mass is 16.5. The number of carbonyl (C=O) groups is 1. The van der Waals surface area contributed by atoms with Crippen molar-refractivity contribution >= 4 is 11.7 Å². The normalized spacial score (nSPS) is 21.4. The fraction of sp³-hybridized carbons (Fsp3) is 0.583. The van der Waals surface area contributed by atoms with Gasteiger partial charge in [-0.3, -0.25) is 0 Å². The van der Waals surface area contributed by atoms with Gasteiger partial charge in [-0.05, 0) is 25.7 Å². The lowest BCUT2D eigenvalue weighted by atomic mass is 9.84. The van der Waals surface area contributed by atoms with Crippen molar-refractivity contribution in [1.29, 1.82) is 0 Å². The molecule has 2 aliphatic rings. The highest BCUT2D eigenvalue weighted by Crippen LogP contribution is 2.42. The minimum atomic E-state index is -1.08. The van der Waals surface area contributed by atoms with Crippen molar-refractivity contribution in [1.82, 2.24) is 0 Å². The first-order chi connectivity index (χ1) is 8.20. The molecular formula is C12H15NO4. The van der Waals surface area contributed by atoms with Crippen LogP contribution in [0.2, 0.25) is 0 Å². The van der Waals surface area contributed by atoms with Gasteiger partial charge < -0.3 is 19.6 Å². The largest absolute Gasteiger partial charge is 0.479 e. The molecule has 1 saturated carbocycles. The van der Waals surface area contributed by atoms with Crippen LogP contribution >= 0.6 is 0 Å². The first-order valence-electron chi connectivity index (χ1n) is 5.98. The van der Waals surface area contributed by atoms with Crippen LogP contribution in [0.25, 0.3) is 0 Å². The molecule has 1 fully saturated rings. The molecule has 0 atom stereocenters. The third-order valence-corrected chi connectivity index (χ3v) is 3.62. The minimum Gasteiger partial charge on any atom is -0.479 e. The van der Waals surface area contributed by atoms with E-state index in [1.807, 2.05) is 0 Å². The Hall–Kier alpha value is -1.65. The SMILES string of the molecule is O=C(O)c1occ2c1OC1(CCCCC1)CN2. The minimum absolute atomic E-state index is 0.0999. The van der Waals surface area contributed by atoms with Gasteiger partial charge in [0.1, 0.15) is 17.6 Å². The Labute approximate surface area is 98.8 Å². The molecular weight excluding hydrogens is 222 g/mol. The summed E-state index contributed by atoms with van der Waals surface area (Å²) in [5.74, 6) is -0.816. The molecule has 0 radical (unpaired) electrons. The summed E-state index contributed by atoms with van der Waals surface area (Å²) in [5.41, 5.74) is 0.415. The summed E-state index contributed by atoms with van der Waals surface area (Å²) in [4.78, 5) is 11.0. The first-order valence-corrected chi connectivity index (χ1v) is 5.98. The lowest BCUT2D eigenvalue weighted by Gasteiger charge is -2.40. The third kappa shape index (κ3) is 1.66. The van der Waals surface area contributed by atoms with Crippen LogP contribution in [0.15, 0.2) is 10.7 Å². The average Bonchev–Trinajstić information content (AvgIpc) is 2.72. The molecule has 5 heteroatoms. The second-order valence-electron chi connectivity index (χ2n) is 4.81. The van der Waals surface area contributed by atoms with Crippen molar-refractivity contribution < 1.29 is 19.1 Å². The molecule has 0 amide bonds. The second-order valence-corrected chi connectivity index (χ2v) is 4.81. The predicted octanol–water partition coefficient (Wildman–Crippen LogP) is 2.49. The van der Waals surface area contributed by atoms with E-state index in [1.165, 1.54) is 12.7 Å². The van der Waals surface area contributed by atoms with Crippen molar-refractivity contribution in [2.24, 2.45) is 0 Å². The number of furan rings is 1. The van der Waals surface area contributed by atoms with E-state index in [9.17, 15) is 4.79 Å². The Morgan fingerprint density at radius 1 is 1.35 bits per heavy atom. The fourth-order valence-electron chi connectivity index (χ4n) is 2.70. The Morgan fingerprint density at radius 3 is 2.82 bits per heavy atom. The van der Waals surface area contributed by atoms with Crippen LogP contribution in [0.5, 0.6) is 5.75 Å². The van der Waals surface area contributed by atoms with E-state index in [1.54, 1.807) is 0 Å². The number of aromatic carboxylic acids is 1. The number of carboxylic acids is 1.